The van der Waals surface area contributed by atoms with Gasteiger partial charge in [-0.1, -0.05) is 37.3 Å². The zero-order valence-corrected chi connectivity index (χ0v) is 13.7. The van der Waals surface area contributed by atoms with Crippen LogP contribution >= 0.6 is 0 Å². The smallest absolute Gasteiger partial charge is 0.256 e. The number of hydrogen-bond acceptors (Lipinski definition) is 4. The van der Waals surface area contributed by atoms with Crippen LogP contribution in [0.5, 0.6) is 0 Å². The zero-order valence-electron chi connectivity index (χ0n) is 13.7. The van der Waals surface area contributed by atoms with E-state index in [4.69, 9.17) is 0 Å². The molecule has 1 N–H and O–H groups in total. The molecule has 0 aliphatic carbocycles. The third kappa shape index (κ3) is 3.62. The molecule has 0 aromatic heterocycles. The summed E-state index contributed by atoms with van der Waals surface area (Å²) in [5, 5.41) is 15.7. The predicted octanol–water partition coefficient (Wildman–Crippen LogP) is 1.72. The highest BCUT2D eigenvalue weighted by molar-refractivity contribution is 6.02. The van der Waals surface area contributed by atoms with Gasteiger partial charge in [0, 0.05) is 12.5 Å². The minimum absolute atomic E-state index is 0.0310. The van der Waals surface area contributed by atoms with Crippen LogP contribution in [0, 0.1) is 5.92 Å². The van der Waals surface area contributed by atoms with Crippen LogP contribution in [0.2, 0.25) is 0 Å². The van der Waals surface area contributed by atoms with Crippen LogP contribution in [0.15, 0.2) is 35.4 Å². The van der Waals surface area contributed by atoms with Crippen molar-refractivity contribution in [3.05, 3.63) is 35.9 Å². The van der Waals surface area contributed by atoms with Crippen LogP contribution in [-0.2, 0) is 4.79 Å². The Labute approximate surface area is 137 Å². The second kappa shape index (κ2) is 7.23. The first kappa shape index (κ1) is 16.1. The van der Waals surface area contributed by atoms with E-state index >= 15 is 0 Å². The molecule has 1 aromatic rings. The number of amides is 1. The molecular weight excluding hydrogens is 290 g/mol. The molecule has 3 rings (SSSR count). The van der Waals surface area contributed by atoms with Crippen LogP contribution < -0.4 is 0 Å². The quantitative estimate of drug-likeness (QED) is 0.920. The van der Waals surface area contributed by atoms with E-state index in [0.717, 1.165) is 37.1 Å². The van der Waals surface area contributed by atoms with Crippen molar-refractivity contribution >= 4 is 11.6 Å². The molecule has 1 saturated heterocycles. The van der Waals surface area contributed by atoms with Crippen LogP contribution in [0.1, 0.15) is 31.7 Å². The molecule has 1 aromatic carbocycles. The number of carbonyl (C=O) groups excluding carboxylic acids is 1. The monoisotopic (exact) mass is 315 g/mol. The second-order valence-corrected chi connectivity index (χ2v) is 6.52. The van der Waals surface area contributed by atoms with Crippen molar-refractivity contribution in [3.63, 3.8) is 0 Å². The van der Waals surface area contributed by atoms with Crippen molar-refractivity contribution in [3.8, 4) is 0 Å². The summed E-state index contributed by atoms with van der Waals surface area (Å²) in [5.41, 5.74) is 2.06. The second-order valence-electron chi connectivity index (χ2n) is 6.52. The Hall–Kier alpha value is -1.72. The minimum atomic E-state index is 0.0310. The van der Waals surface area contributed by atoms with E-state index in [1.165, 1.54) is 0 Å². The van der Waals surface area contributed by atoms with Crippen LogP contribution in [0.3, 0.4) is 0 Å². The Morgan fingerprint density at radius 3 is 2.83 bits per heavy atom. The highest BCUT2D eigenvalue weighted by Gasteiger charge is 2.31. The molecule has 2 atom stereocenters. The number of nitrogens with zero attached hydrogens (tertiary/aromatic N) is 3. The van der Waals surface area contributed by atoms with E-state index in [2.05, 4.69) is 16.9 Å². The van der Waals surface area contributed by atoms with Crippen molar-refractivity contribution in [2.24, 2.45) is 11.0 Å². The van der Waals surface area contributed by atoms with E-state index < -0.39 is 0 Å². The number of aliphatic hydroxyl groups is 1. The Bertz CT molecular complexity index is 573. The average Bonchev–Trinajstić information content (AvgIpc) is 3.06. The fourth-order valence-electron chi connectivity index (χ4n) is 3.55. The number of carbonyl (C=O) groups is 1. The van der Waals surface area contributed by atoms with Crippen LogP contribution in [0.25, 0.3) is 0 Å². The molecule has 1 fully saturated rings. The van der Waals surface area contributed by atoms with Gasteiger partial charge in [0.05, 0.1) is 25.4 Å². The number of piperidine rings is 1. The van der Waals surface area contributed by atoms with Crippen molar-refractivity contribution in [1.29, 1.82) is 0 Å². The first-order valence-electron chi connectivity index (χ1n) is 8.47. The summed E-state index contributed by atoms with van der Waals surface area (Å²) >= 11 is 0. The molecule has 2 unspecified atom stereocenters. The molecule has 23 heavy (non-hydrogen) atoms. The van der Waals surface area contributed by atoms with Gasteiger partial charge in [0.25, 0.3) is 5.91 Å². The molecule has 0 saturated carbocycles. The molecule has 0 bridgehead atoms. The number of hydrogen-bond donors (Lipinski definition) is 1. The maximum absolute atomic E-state index is 12.6. The van der Waals surface area contributed by atoms with Crippen LogP contribution in [0.4, 0.5) is 0 Å². The highest BCUT2D eigenvalue weighted by Crippen LogP contribution is 2.23. The van der Waals surface area contributed by atoms with Crippen molar-refractivity contribution in [1.82, 2.24) is 9.91 Å². The van der Waals surface area contributed by atoms with E-state index in [9.17, 15) is 9.90 Å². The van der Waals surface area contributed by atoms with Crippen molar-refractivity contribution < 1.29 is 9.90 Å². The standard InChI is InChI=1S/C18H25N3O2/c1-14-6-5-10-20(17(14)13-22)12-18(23)21-11-9-16(19-21)15-7-3-2-4-8-15/h2-4,7-8,14,17,22H,5-6,9-13H2,1H3. The Balaban J connectivity index is 1.64. The lowest BCUT2D eigenvalue weighted by Gasteiger charge is -2.38. The lowest BCUT2D eigenvalue weighted by Crippen LogP contribution is -2.50. The predicted molar refractivity (Wildman–Crippen MR) is 90.2 cm³/mol. The maximum Gasteiger partial charge on any atom is 0.256 e. The van der Waals surface area contributed by atoms with Gasteiger partial charge in [-0.25, -0.2) is 5.01 Å². The lowest BCUT2D eigenvalue weighted by molar-refractivity contribution is -0.133. The third-order valence-electron chi connectivity index (χ3n) is 4.95. The van der Waals surface area contributed by atoms with E-state index in [1.807, 2.05) is 30.3 Å². The number of aliphatic hydroxyl groups excluding tert-OH is 1. The highest BCUT2D eigenvalue weighted by atomic mass is 16.3. The summed E-state index contributed by atoms with van der Waals surface area (Å²) < 4.78 is 0. The van der Waals surface area contributed by atoms with Gasteiger partial charge in [-0.15, -0.1) is 0 Å². The van der Waals surface area contributed by atoms with E-state index in [0.29, 0.717) is 19.0 Å². The van der Waals surface area contributed by atoms with Gasteiger partial charge in [-0.3, -0.25) is 9.69 Å². The van der Waals surface area contributed by atoms with E-state index in [1.54, 1.807) is 5.01 Å². The number of rotatable bonds is 4. The molecule has 0 spiro atoms. The summed E-state index contributed by atoms with van der Waals surface area (Å²) in [6.07, 6.45) is 3.01. The third-order valence-corrected chi connectivity index (χ3v) is 4.95. The largest absolute Gasteiger partial charge is 0.395 e. The van der Waals surface area contributed by atoms with Gasteiger partial charge in [-0.05, 0) is 30.9 Å². The fourth-order valence-corrected chi connectivity index (χ4v) is 3.55. The normalized spacial score (nSPS) is 25.5. The van der Waals surface area contributed by atoms with Gasteiger partial charge < -0.3 is 5.11 Å². The average molecular weight is 315 g/mol. The molecule has 2 aliphatic heterocycles. The van der Waals surface area contributed by atoms with Gasteiger partial charge in [0.15, 0.2) is 0 Å². The summed E-state index contributed by atoms with van der Waals surface area (Å²) in [6, 6.07) is 10.1. The molecular formula is C18H25N3O2. The zero-order chi connectivity index (χ0) is 16.2. The first-order valence-corrected chi connectivity index (χ1v) is 8.47. The fraction of sp³-hybridized carbons (Fsp3) is 0.556. The summed E-state index contributed by atoms with van der Waals surface area (Å²) in [4.78, 5) is 14.7. The lowest BCUT2D eigenvalue weighted by atomic mass is 9.91. The number of hydrazone groups is 1. The Morgan fingerprint density at radius 2 is 2.09 bits per heavy atom. The van der Waals surface area contributed by atoms with Gasteiger partial charge in [0.1, 0.15) is 0 Å². The molecule has 5 nitrogen and oxygen atoms in total. The van der Waals surface area contributed by atoms with Crippen molar-refractivity contribution in [2.45, 2.75) is 32.2 Å². The molecule has 124 valence electrons. The molecule has 2 heterocycles. The maximum atomic E-state index is 12.6. The SMILES string of the molecule is CC1CCCN(CC(=O)N2CCC(c3ccccc3)=N2)C1CO. The van der Waals surface area contributed by atoms with Crippen LogP contribution in [-0.4, -0.2) is 58.9 Å². The van der Waals surface area contributed by atoms with Crippen molar-refractivity contribution in [2.75, 3.05) is 26.2 Å². The molecule has 0 radical (unpaired) electrons. The topological polar surface area (TPSA) is 56.1 Å². The first-order chi connectivity index (χ1) is 11.2. The van der Waals surface area contributed by atoms with Gasteiger partial charge in [0.2, 0.25) is 0 Å². The van der Waals surface area contributed by atoms with E-state index in [-0.39, 0.29) is 18.6 Å². The minimum Gasteiger partial charge on any atom is -0.395 e. The molecule has 5 heteroatoms. The van der Waals surface area contributed by atoms with Gasteiger partial charge in [-0.2, -0.15) is 5.10 Å². The molecule has 1 amide bonds. The Morgan fingerprint density at radius 1 is 1.30 bits per heavy atom. The Kier molecular flexibility index (Phi) is 5.08. The summed E-state index contributed by atoms with van der Waals surface area (Å²) in [7, 11) is 0. The summed E-state index contributed by atoms with van der Waals surface area (Å²) in [6.45, 7) is 4.15. The number of likely N-dealkylation sites (tertiary alicyclic amines) is 1. The number of benzene rings is 1. The molecule has 2 aliphatic rings. The van der Waals surface area contributed by atoms with Gasteiger partial charge >= 0.3 is 0 Å². The summed E-state index contributed by atoms with van der Waals surface area (Å²) in [5.74, 6) is 0.465.